The first kappa shape index (κ1) is 20.6. The molecule has 30 heavy (non-hydrogen) atoms. The van der Waals surface area contributed by atoms with Crippen molar-refractivity contribution >= 4 is 17.9 Å². The van der Waals surface area contributed by atoms with Gasteiger partial charge >= 0.3 is 17.9 Å². The Labute approximate surface area is 171 Å². The van der Waals surface area contributed by atoms with Crippen molar-refractivity contribution in [1.82, 2.24) is 9.78 Å². The Hall–Kier alpha value is -4.14. The number of para-hydroxylation sites is 1. The first-order chi connectivity index (χ1) is 14.4. The highest BCUT2D eigenvalue weighted by Gasteiger charge is 2.31. The van der Waals surface area contributed by atoms with Crippen LogP contribution in [0.25, 0.3) is 16.9 Å². The summed E-state index contributed by atoms with van der Waals surface area (Å²) in [6, 6.07) is 12.9. The molecule has 3 aromatic rings. The van der Waals surface area contributed by atoms with Gasteiger partial charge in [0.2, 0.25) is 0 Å². The lowest BCUT2D eigenvalue weighted by atomic mass is 10.0. The Morgan fingerprint density at radius 2 is 1.60 bits per heavy atom. The molecule has 1 aromatic heterocycles. The fourth-order valence-corrected chi connectivity index (χ4v) is 2.97. The zero-order valence-corrected chi connectivity index (χ0v) is 16.4. The van der Waals surface area contributed by atoms with Crippen molar-refractivity contribution in [3.05, 3.63) is 65.4 Å². The Morgan fingerprint density at radius 3 is 2.17 bits per heavy atom. The van der Waals surface area contributed by atoms with Crippen LogP contribution in [0, 0.1) is 0 Å². The van der Waals surface area contributed by atoms with Crippen LogP contribution in [0.3, 0.4) is 0 Å². The van der Waals surface area contributed by atoms with Crippen LogP contribution in [0.5, 0.6) is 5.75 Å². The molecule has 0 spiro atoms. The van der Waals surface area contributed by atoms with Crippen molar-refractivity contribution in [2.45, 2.75) is 0 Å². The molecule has 0 fully saturated rings. The highest BCUT2D eigenvalue weighted by molar-refractivity contribution is 6.07. The normalized spacial score (nSPS) is 10.4. The molecule has 9 heteroatoms. The third-order valence-electron chi connectivity index (χ3n) is 4.36. The number of carboxylic acid groups (broad SMARTS) is 1. The van der Waals surface area contributed by atoms with Crippen LogP contribution >= 0.6 is 0 Å². The van der Waals surface area contributed by atoms with Gasteiger partial charge in [0, 0.05) is 5.56 Å². The van der Waals surface area contributed by atoms with Gasteiger partial charge in [0.25, 0.3) is 0 Å². The van der Waals surface area contributed by atoms with Gasteiger partial charge in [-0.1, -0.05) is 24.3 Å². The average Bonchev–Trinajstić information content (AvgIpc) is 3.18. The summed E-state index contributed by atoms with van der Waals surface area (Å²) in [6.45, 7) is 0. The van der Waals surface area contributed by atoms with E-state index in [1.165, 1.54) is 44.2 Å². The standard InChI is InChI=1S/C21H18N2O7/c1-28-15-11-12(9-10-14(15)19(24)25)17-16(20(26)29-2)18(21(27)30-3)23(22-17)13-7-5-4-6-8-13/h4-11H,1-3H3,(H,24,25). The van der Waals surface area contributed by atoms with E-state index in [4.69, 9.17) is 14.2 Å². The van der Waals surface area contributed by atoms with Crippen molar-refractivity contribution in [2.24, 2.45) is 0 Å². The van der Waals surface area contributed by atoms with Crippen LogP contribution in [0.2, 0.25) is 0 Å². The minimum Gasteiger partial charge on any atom is -0.496 e. The molecule has 0 unspecified atom stereocenters. The molecule has 1 heterocycles. The van der Waals surface area contributed by atoms with Crippen molar-refractivity contribution in [3.63, 3.8) is 0 Å². The molecule has 0 aliphatic rings. The average molecular weight is 410 g/mol. The van der Waals surface area contributed by atoms with E-state index in [0.29, 0.717) is 11.3 Å². The molecular weight excluding hydrogens is 392 g/mol. The molecule has 154 valence electrons. The number of nitrogens with zero attached hydrogens (tertiary/aromatic N) is 2. The summed E-state index contributed by atoms with van der Waals surface area (Å²) in [4.78, 5) is 36.6. The first-order valence-electron chi connectivity index (χ1n) is 8.69. The number of benzene rings is 2. The lowest BCUT2D eigenvalue weighted by molar-refractivity contribution is 0.0549. The molecule has 3 rings (SSSR count). The number of rotatable bonds is 6. The maximum atomic E-state index is 12.6. The van der Waals surface area contributed by atoms with Gasteiger partial charge in [0.05, 0.1) is 27.0 Å². The van der Waals surface area contributed by atoms with Crippen LogP contribution in [-0.2, 0) is 9.47 Å². The van der Waals surface area contributed by atoms with Crippen molar-refractivity contribution < 1.29 is 33.7 Å². The second-order valence-electron chi connectivity index (χ2n) is 6.02. The van der Waals surface area contributed by atoms with Gasteiger partial charge in [-0.25, -0.2) is 19.1 Å². The summed E-state index contributed by atoms with van der Waals surface area (Å²) in [6.07, 6.45) is 0. The number of methoxy groups -OCH3 is 3. The van der Waals surface area contributed by atoms with Gasteiger partial charge in [-0.3, -0.25) is 0 Å². The van der Waals surface area contributed by atoms with Crippen LogP contribution in [0.1, 0.15) is 31.2 Å². The van der Waals surface area contributed by atoms with Gasteiger partial charge in [0.15, 0.2) is 5.69 Å². The minimum absolute atomic E-state index is 0.0587. The molecule has 0 aliphatic carbocycles. The number of aromatic nitrogens is 2. The van der Waals surface area contributed by atoms with E-state index < -0.39 is 17.9 Å². The number of aromatic carboxylic acids is 1. The van der Waals surface area contributed by atoms with Crippen LogP contribution in [0.15, 0.2) is 48.5 Å². The lowest BCUT2D eigenvalue weighted by Gasteiger charge is -2.08. The Bertz CT molecular complexity index is 1120. The summed E-state index contributed by atoms with van der Waals surface area (Å²) in [5.41, 5.74) is 0.698. The minimum atomic E-state index is -1.17. The Kier molecular flexibility index (Phi) is 5.82. The third-order valence-corrected chi connectivity index (χ3v) is 4.36. The largest absolute Gasteiger partial charge is 0.496 e. The molecule has 2 aromatic carbocycles. The molecule has 0 bridgehead atoms. The second kappa shape index (κ2) is 8.48. The van der Waals surface area contributed by atoms with E-state index in [1.807, 2.05) is 0 Å². The van der Waals surface area contributed by atoms with Crippen LogP contribution in [-0.4, -0.2) is 54.1 Å². The predicted octanol–water partition coefficient (Wildman–Crippen LogP) is 2.82. The molecule has 0 atom stereocenters. The van der Waals surface area contributed by atoms with E-state index in [0.717, 1.165) is 0 Å². The van der Waals surface area contributed by atoms with Gasteiger partial charge in [-0.2, -0.15) is 5.10 Å². The number of esters is 2. The molecule has 0 saturated heterocycles. The second-order valence-corrected chi connectivity index (χ2v) is 6.02. The van der Waals surface area contributed by atoms with Gasteiger partial charge in [-0.15, -0.1) is 0 Å². The molecule has 9 nitrogen and oxygen atoms in total. The monoisotopic (exact) mass is 410 g/mol. The van der Waals surface area contributed by atoms with E-state index in [2.05, 4.69) is 5.10 Å². The summed E-state index contributed by atoms with van der Waals surface area (Å²) >= 11 is 0. The topological polar surface area (TPSA) is 117 Å². The highest BCUT2D eigenvalue weighted by atomic mass is 16.5. The fourth-order valence-electron chi connectivity index (χ4n) is 2.97. The lowest BCUT2D eigenvalue weighted by Crippen LogP contribution is -2.15. The summed E-state index contributed by atoms with van der Waals surface area (Å²) in [5, 5.41) is 13.8. The maximum absolute atomic E-state index is 12.6. The molecule has 0 amide bonds. The van der Waals surface area contributed by atoms with E-state index in [9.17, 15) is 19.5 Å². The predicted molar refractivity (Wildman–Crippen MR) is 105 cm³/mol. The fraction of sp³-hybridized carbons (Fsp3) is 0.143. The summed E-state index contributed by atoms with van der Waals surface area (Å²) in [7, 11) is 3.70. The maximum Gasteiger partial charge on any atom is 0.357 e. The van der Waals surface area contributed by atoms with Crippen molar-refractivity contribution in [1.29, 1.82) is 0 Å². The quantitative estimate of drug-likeness (QED) is 0.617. The smallest absolute Gasteiger partial charge is 0.357 e. The Balaban J connectivity index is 2.34. The zero-order valence-electron chi connectivity index (χ0n) is 16.4. The van der Waals surface area contributed by atoms with E-state index in [-0.39, 0.29) is 28.3 Å². The number of carbonyl (C=O) groups is 3. The number of hydrogen-bond donors (Lipinski definition) is 1. The molecule has 0 aliphatic heterocycles. The molecule has 1 N–H and O–H groups in total. The SMILES string of the molecule is COC(=O)c1c(-c2ccc(C(=O)O)c(OC)c2)nn(-c2ccccc2)c1C(=O)OC. The Morgan fingerprint density at radius 1 is 0.933 bits per heavy atom. The molecular formula is C21H18N2O7. The van der Waals surface area contributed by atoms with Gasteiger partial charge in [-0.05, 0) is 24.3 Å². The number of carbonyl (C=O) groups excluding carboxylic acids is 2. The highest BCUT2D eigenvalue weighted by Crippen LogP contribution is 2.32. The number of ether oxygens (including phenoxy) is 3. The van der Waals surface area contributed by atoms with Crippen LogP contribution < -0.4 is 4.74 Å². The van der Waals surface area contributed by atoms with E-state index >= 15 is 0 Å². The van der Waals surface area contributed by atoms with Gasteiger partial charge in [0.1, 0.15) is 22.6 Å². The first-order valence-corrected chi connectivity index (χ1v) is 8.69. The number of carboxylic acids is 1. The van der Waals surface area contributed by atoms with Gasteiger partial charge < -0.3 is 19.3 Å². The third kappa shape index (κ3) is 3.60. The summed E-state index contributed by atoms with van der Waals surface area (Å²) < 4.78 is 16.2. The molecule has 0 radical (unpaired) electrons. The van der Waals surface area contributed by atoms with Crippen LogP contribution in [0.4, 0.5) is 0 Å². The van der Waals surface area contributed by atoms with E-state index in [1.54, 1.807) is 30.3 Å². The zero-order chi connectivity index (χ0) is 21.8. The number of hydrogen-bond acceptors (Lipinski definition) is 7. The van der Waals surface area contributed by atoms with Crippen molar-refractivity contribution in [2.75, 3.05) is 21.3 Å². The van der Waals surface area contributed by atoms with Crippen molar-refractivity contribution in [3.8, 4) is 22.7 Å². The summed E-state index contributed by atoms with van der Waals surface area (Å²) in [5.74, 6) is -2.68. The molecule has 0 saturated carbocycles.